The number of hydrogen-bond donors (Lipinski definition) is 1. The van der Waals surface area contributed by atoms with Crippen molar-refractivity contribution < 1.29 is 9.84 Å². The van der Waals surface area contributed by atoms with Crippen LogP contribution in [0.5, 0.6) is 5.75 Å². The summed E-state index contributed by atoms with van der Waals surface area (Å²) in [6.45, 7) is 6.22. The van der Waals surface area contributed by atoms with Gasteiger partial charge in [0.05, 0.1) is 13.2 Å². The molecule has 0 heterocycles. The van der Waals surface area contributed by atoms with Crippen LogP contribution in [0.3, 0.4) is 0 Å². The van der Waals surface area contributed by atoms with Crippen molar-refractivity contribution in [1.29, 1.82) is 0 Å². The number of allylic oxidation sites excluding steroid dienone is 1. The van der Waals surface area contributed by atoms with Crippen LogP contribution in [0, 0.1) is 0 Å². The quantitative estimate of drug-likeness (QED) is 0.739. The summed E-state index contributed by atoms with van der Waals surface area (Å²) in [4.78, 5) is 0. The summed E-state index contributed by atoms with van der Waals surface area (Å²) in [6, 6.07) is 6.34. The zero-order valence-corrected chi connectivity index (χ0v) is 12.5. The molecule has 1 rings (SSSR count). The van der Waals surface area contributed by atoms with Gasteiger partial charge in [-0.1, -0.05) is 32.1 Å². The van der Waals surface area contributed by atoms with Gasteiger partial charge in [-0.25, -0.2) is 0 Å². The molecule has 0 saturated heterocycles. The first-order chi connectivity index (χ1) is 9.04. The summed E-state index contributed by atoms with van der Waals surface area (Å²) in [7, 11) is 1.70. The largest absolute Gasteiger partial charge is 0.496 e. The third-order valence-electron chi connectivity index (χ3n) is 3.21. The Hall–Kier alpha value is -1.28. The van der Waals surface area contributed by atoms with Crippen molar-refractivity contribution in [3.63, 3.8) is 0 Å². The van der Waals surface area contributed by atoms with Gasteiger partial charge in [0.1, 0.15) is 5.75 Å². The van der Waals surface area contributed by atoms with E-state index in [0.717, 1.165) is 30.6 Å². The normalized spacial score (nSPS) is 13.2. The molecule has 0 aliphatic rings. The van der Waals surface area contributed by atoms with Crippen molar-refractivity contribution in [2.75, 3.05) is 7.11 Å². The van der Waals surface area contributed by atoms with E-state index in [1.165, 1.54) is 5.56 Å². The lowest BCUT2D eigenvalue weighted by molar-refractivity contribution is 0.182. The molecular formula is C17H26O2. The average Bonchev–Trinajstić information content (AvgIpc) is 2.37. The molecule has 19 heavy (non-hydrogen) atoms. The van der Waals surface area contributed by atoms with Crippen LogP contribution in [0.4, 0.5) is 0 Å². The fourth-order valence-corrected chi connectivity index (χ4v) is 1.98. The van der Waals surface area contributed by atoms with Crippen molar-refractivity contribution in [2.24, 2.45) is 0 Å². The Morgan fingerprint density at radius 2 is 2.00 bits per heavy atom. The molecule has 2 nitrogen and oxygen atoms in total. The Bertz CT molecular complexity index is 406. The number of rotatable bonds is 7. The predicted molar refractivity (Wildman–Crippen MR) is 81.6 cm³/mol. The van der Waals surface area contributed by atoms with Gasteiger partial charge in [0, 0.05) is 5.56 Å². The molecule has 0 spiro atoms. The zero-order valence-electron chi connectivity index (χ0n) is 12.5. The van der Waals surface area contributed by atoms with Gasteiger partial charge < -0.3 is 9.84 Å². The van der Waals surface area contributed by atoms with Crippen LogP contribution in [0.2, 0.25) is 0 Å². The Kier molecular flexibility index (Phi) is 6.65. The minimum absolute atomic E-state index is 0.202. The van der Waals surface area contributed by atoms with E-state index < -0.39 is 0 Å². The lowest BCUT2D eigenvalue weighted by atomic mass is 10.00. The van der Waals surface area contributed by atoms with Crippen molar-refractivity contribution >= 4 is 6.08 Å². The van der Waals surface area contributed by atoms with Gasteiger partial charge in [-0.05, 0) is 49.8 Å². The summed E-state index contributed by atoms with van der Waals surface area (Å²) in [5.41, 5.74) is 2.45. The number of methoxy groups -OCH3 is 1. The molecule has 1 atom stereocenters. The summed E-state index contributed by atoms with van der Waals surface area (Å²) in [5.74, 6) is 1.43. The van der Waals surface area contributed by atoms with Crippen LogP contribution in [-0.2, 0) is 0 Å². The Labute approximate surface area is 117 Å². The monoisotopic (exact) mass is 262 g/mol. The lowest BCUT2D eigenvalue weighted by Gasteiger charge is -2.10. The Morgan fingerprint density at radius 3 is 2.58 bits per heavy atom. The minimum Gasteiger partial charge on any atom is -0.496 e. The molecular weight excluding hydrogens is 236 g/mol. The van der Waals surface area contributed by atoms with Gasteiger partial charge in [0.2, 0.25) is 0 Å². The van der Waals surface area contributed by atoms with E-state index in [4.69, 9.17) is 4.74 Å². The van der Waals surface area contributed by atoms with Crippen LogP contribution in [0.25, 0.3) is 6.08 Å². The van der Waals surface area contributed by atoms with Crippen molar-refractivity contribution in [3.8, 4) is 5.75 Å². The molecule has 0 amide bonds. The number of ether oxygens (including phenoxy) is 1. The van der Waals surface area contributed by atoms with Gasteiger partial charge in [0.15, 0.2) is 0 Å². The third kappa shape index (κ3) is 5.48. The highest BCUT2D eigenvalue weighted by molar-refractivity contribution is 5.58. The highest BCUT2D eigenvalue weighted by atomic mass is 16.5. The van der Waals surface area contributed by atoms with E-state index in [1.54, 1.807) is 7.11 Å². The molecule has 0 saturated carbocycles. The van der Waals surface area contributed by atoms with Crippen molar-refractivity contribution in [2.45, 2.75) is 52.1 Å². The second kappa shape index (κ2) is 8.00. The van der Waals surface area contributed by atoms with Crippen LogP contribution < -0.4 is 4.74 Å². The molecule has 0 aliphatic heterocycles. The lowest BCUT2D eigenvalue weighted by Crippen LogP contribution is -1.97. The SMILES string of the molecule is COc1ccc(C(C)C)cc1C=CCCC[C@H](C)O. The van der Waals surface area contributed by atoms with Gasteiger partial charge in [-0.3, -0.25) is 0 Å². The maximum absolute atomic E-state index is 9.20. The fraction of sp³-hybridized carbons (Fsp3) is 0.529. The first-order valence-electron chi connectivity index (χ1n) is 7.07. The summed E-state index contributed by atoms with van der Waals surface area (Å²) >= 11 is 0. The summed E-state index contributed by atoms with van der Waals surface area (Å²) in [6.07, 6.45) is 6.93. The third-order valence-corrected chi connectivity index (χ3v) is 3.21. The Balaban J connectivity index is 2.69. The van der Waals surface area contributed by atoms with Gasteiger partial charge in [0.25, 0.3) is 0 Å². The number of unbranched alkanes of at least 4 members (excludes halogenated alkanes) is 1. The van der Waals surface area contributed by atoms with Crippen LogP contribution in [0.15, 0.2) is 24.3 Å². The molecule has 0 bridgehead atoms. The van der Waals surface area contributed by atoms with E-state index in [2.05, 4.69) is 38.1 Å². The van der Waals surface area contributed by atoms with Crippen LogP contribution in [0.1, 0.15) is 57.1 Å². The molecule has 0 radical (unpaired) electrons. The van der Waals surface area contributed by atoms with E-state index in [1.807, 2.05) is 13.0 Å². The smallest absolute Gasteiger partial charge is 0.126 e. The number of aliphatic hydroxyl groups is 1. The van der Waals surface area contributed by atoms with Gasteiger partial charge in [-0.2, -0.15) is 0 Å². The fourth-order valence-electron chi connectivity index (χ4n) is 1.98. The molecule has 0 aliphatic carbocycles. The molecule has 2 heteroatoms. The van der Waals surface area contributed by atoms with E-state index >= 15 is 0 Å². The zero-order chi connectivity index (χ0) is 14.3. The molecule has 1 aromatic carbocycles. The minimum atomic E-state index is -0.202. The molecule has 0 unspecified atom stereocenters. The topological polar surface area (TPSA) is 29.5 Å². The molecule has 0 aromatic heterocycles. The standard InChI is InChI=1S/C17H26O2/c1-13(2)15-10-11-17(19-4)16(12-15)9-7-5-6-8-14(3)18/h7,9-14,18H,5-6,8H2,1-4H3/t14-/m0/s1. The molecule has 106 valence electrons. The summed E-state index contributed by atoms with van der Waals surface area (Å²) < 4.78 is 5.38. The molecule has 1 aromatic rings. The highest BCUT2D eigenvalue weighted by Crippen LogP contribution is 2.25. The second-order valence-corrected chi connectivity index (χ2v) is 5.34. The van der Waals surface area contributed by atoms with Crippen molar-refractivity contribution in [1.82, 2.24) is 0 Å². The average molecular weight is 262 g/mol. The van der Waals surface area contributed by atoms with Crippen molar-refractivity contribution in [3.05, 3.63) is 35.4 Å². The first kappa shape index (κ1) is 15.8. The van der Waals surface area contributed by atoms with Gasteiger partial charge >= 0.3 is 0 Å². The Morgan fingerprint density at radius 1 is 1.26 bits per heavy atom. The maximum Gasteiger partial charge on any atom is 0.126 e. The van der Waals surface area contributed by atoms with E-state index in [-0.39, 0.29) is 6.10 Å². The number of aliphatic hydroxyl groups excluding tert-OH is 1. The first-order valence-corrected chi connectivity index (χ1v) is 7.07. The summed E-state index contributed by atoms with van der Waals surface area (Å²) in [5, 5.41) is 9.20. The molecule has 1 N–H and O–H groups in total. The predicted octanol–water partition coefficient (Wildman–Crippen LogP) is 4.38. The maximum atomic E-state index is 9.20. The van der Waals surface area contributed by atoms with Crippen LogP contribution >= 0.6 is 0 Å². The second-order valence-electron chi connectivity index (χ2n) is 5.34. The van der Waals surface area contributed by atoms with E-state index in [9.17, 15) is 5.11 Å². The van der Waals surface area contributed by atoms with E-state index in [0.29, 0.717) is 5.92 Å². The van der Waals surface area contributed by atoms with Crippen LogP contribution in [-0.4, -0.2) is 18.3 Å². The number of benzene rings is 1. The highest BCUT2D eigenvalue weighted by Gasteiger charge is 2.04. The number of hydrogen-bond acceptors (Lipinski definition) is 2. The molecule has 0 fully saturated rings. The van der Waals surface area contributed by atoms with Gasteiger partial charge in [-0.15, -0.1) is 0 Å².